The van der Waals surface area contributed by atoms with Crippen LogP contribution in [0.15, 0.2) is 0 Å². The lowest BCUT2D eigenvalue weighted by atomic mass is 9.96. The van der Waals surface area contributed by atoms with Crippen LogP contribution in [0, 0.1) is 16.0 Å². The zero-order chi connectivity index (χ0) is 22.8. The first kappa shape index (κ1) is 26.4. The number of alkyl carbamates (subject to hydrolysis) is 2. The first-order valence-corrected chi connectivity index (χ1v) is 9.36. The predicted octanol–water partition coefficient (Wildman–Crippen LogP) is 2.25. The Balaban J connectivity index is 5.39. The molecule has 29 heavy (non-hydrogen) atoms. The Morgan fingerprint density at radius 2 is 1.52 bits per heavy atom. The van der Waals surface area contributed by atoms with Gasteiger partial charge in [0.1, 0.15) is 11.2 Å². The molecule has 168 valence electrons. The van der Waals surface area contributed by atoms with Crippen LogP contribution in [0.1, 0.15) is 54.9 Å². The van der Waals surface area contributed by atoms with Gasteiger partial charge in [-0.1, -0.05) is 0 Å². The summed E-state index contributed by atoms with van der Waals surface area (Å²) in [5, 5.41) is 16.1. The summed E-state index contributed by atoms with van der Waals surface area (Å²) in [5.74, 6) is -1.58. The van der Waals surface area contributed by atoms with Crippen molar-refractivity contribution in [1.29, 1.82) is 0 Å². The van der Waals surface area contributed by atoms with Gasteiger partial charge < -0.3 is 24.8 Å². The van der Waals surface area contributed by atoms with Gasteiger partial charge in [0.05, 0.1) is 25.0 Å². The van der Waals surface area contributed by atoms with Crippen LogP contribution in [0.2, 0.25) is 0 Å². The molecule has 0 aliphatic heterocycles. The van der Waals surface area contributed by atoms with Crippen molar-refractivity contribution < 1.29 is 33.5 Å². The molecule has 0 unspecified atom stereocenters. The third-order valence-electron chi connectivity index (χ3n) is 3.25. The van der Waals surface area contributed by atoms with Crippen molar-refractivity contribution in [3.8, 4) is 0 Å². The number of nitro groups is 1. The quantitative estimate of drug-likeness (QED) is 0.250. The number of hydrogen-bond donors (Lipinski definition) is 2. The molecule has 0 aliphatic rings. The molecule has 2 atom stereocenters. The van der Waals surface area contributed by atoms with Crippen LogP contribution < -0.4 is 10.6 Å². The van der Waals surface area contributed by atoms with Crippen LogP contribution in [-0.2, 0) is 19.0 Å². The lowest BCUT2D eigenvalue weighted by molar-refractivity contribution is -0.488. The fourth-order valence-corrected chi connectivity index (χ4v) is 2.26. The summed E-state index contributed by atoms with van der Waals surface area (Å²) in [6, 6.07) is -0.966. The molecule has 0 fully saturated rings. The summed E-state index contributed by atoms with van der Waals surface area (Å²) < 4.78 is 15.2. The molecule has 2 N–H and O–H groups in total. The number of esters is 1. The third-order valence-corrected chi connectivity index (χ3v) is 3.25. The molecule has 0 aromatic heterocycles. The second-order valence-corrected chi connectivity index (χ2v) is 8.42. The van der Waals surface area contributed by atoms with E-state index >= 15 is 0 Å². The first-order chi connectivity index (χ1) is 13.1. The Bertz CT molecular complexity index is 581. The van der Waals surface area contributed by atoms with Crippen molar-refractivity contribution in [2.24, 2.45) is 5.92 Å². The van der Waals surface area contributed by atoms with Gasteiger partial charge in [0.2, 0.25) is 6.54 Å². The van der Waals surface area contributed by atoms with Gasteiger partial charge in [0.15, 0.2) is 0 Å². The smallest absolute Gasteiger partial charge is 0.407 e. The largest absolute Gasteiger partial charge is 0.466 e. The second-order valence-electron chi connectivity index (χ2n) is 8.42. The van der Waals surface area contributed by atoms with Crippen LogP contribution in [0.5, 0.6) is 0 Å². The molecule has 0 bridgehead atoms. The molecule has 0 rings (SSSR count). The Hall–Kier alpha value is -2.59. The summed E-state index contributed by atoms with van der Waals surface area (Å²) in [5.41, 5.74) is -1.55. The molecule has 11 heteroatoms. The number of rotatable bonds is 9. The van der Waals surface area contributed by atoms with E-state index in [4.69, 9.17) is 14.2 Å². The van der Waals surface area contributed by atoms with Gasteiger partial charge in [-0.25, -0.2) is 9.59 Å². The third kappa shape index (κ3) is 14.1. The maximum Gasteiger partial charge on any atom is 0.407 e. The van der Waals surface area contributed by atoms with Crippen molar-refractivity contribution in [1.82, 2.24) is 10.6 Å². The van der Waals surface area contributed by atoms with Crippen LogP contribution in [0.25, 0.3) is 0 Å². The first-order valence-electron chi connectivity index (χ1n) is 9.36. The number of nitrogens with zero attached hydrogens (tertiary/aromatic N) is 1. The van der Waals surface area contributed by atoms with Crippen molar-refractivity contribution >= 4 is 18.2 Å². The van der Waals surface area contributed by atoms with Gasteiger partial charge in [-0.2, -0.15) is 0 Å². The van der Waals surface area contributed by atoms with Gasteiger partial charge >= 0.3 is 18.2 Å². The number of ether oxygens (including phenoxy) is 3. The highest BCUT2D eigenvalue weighted by Crippen LogP contribution is 2.14. The van der Waals surface area contributed by atoms with Crippen LogP contribution >= 0.6 is 0 Å². The van der Waals surface area contributed by atoms with E-state index in [1.165, 1.54) is 0 Å². The number of amides is 2. The van der Waals surface area contributed by atoms with E-state index in [0.717, 1.165) is 0 Å². The Kier molecular flexibility index (Phi) is 10.4. The fraction of sp³-hybridized carbons (Fsp3) is 0.833. The van der Waals surface area contributed by atoms with Crippen molar-refractivity contribution in [3.63, 3.8) is 0 Å². The lowest BCUT2D eigenvalue weighted by Gasteiger charge is -2.28. The van der Waals surface area contributed by atoms with Crippen molar-refractivity contribution in [2.45, 2.75) is 72.1 Å². The van der Waals surface area contributed by atoms with E-state index < -0.39 is 52.8 Å². The van der Waals surface area contributed by atoms with E-state index in [0.29, 0.717) is 0 Å². The summed E-state index contributed by atoms with van der Waals surface area (Å²) in [6.07, 6.45) is -1.90. The normalized spacial score (nSPS) is 13.6. The molecular weight excluding hydrogens is 386 g/mol. The zero-order valence-corrected chi connectivity index (χ0v) is 18.2. The fourth-order valence-electron chi connectivity index (χ4n) is 2.26. The summed E-state index contributed by atoms with van der Waals surface area (Å²) in [7, 11) is 0. The second kappa shape index (κ2) is 11.4. The molecule has 0 aliphatic carbocycles. The minimum atomic E-state index is -0.966. The van der Waals surface area contributed by atoms with E-state index in [-0.39, 0.29) is 19.6 Å². The Morgan fingerprint density at radius 3 is 1.97 bits per heavy atom. The van der Waals surface area contributed by atoms with Gasteiger partial charge in [0, 0.05) is 11.5 Å². The molecule has 0 spiro atoms. The monoisotopic (exact) mass is 419 g/mol. The van der Waals surface area contributed by atoms with E-state index in [2.05, 4.69) is 10.6 Å². The molecule has 11 nitrogen and oxygen atoms in total. The lowest BCUT2D eigenvalue weighted by Crippen LogP contribution is -2.51. The Morgan fingerprint density at radius 1 is 1.00 bits per heavy atom. The van der Waals surface area contributed by atoms with Gasteiger partial charge in [-0.05, 0) is 48.5 Å². The van der Waals surface area contributed by atoms with Crippen molar-refractivity contribution in [3.05, 3.63) is 10.1 Å². The maximum atomic E-state index is 12.2. The van der Waals surface area contributed by atoms with Gasteiger partial charge in [-0.3, -0.25) is 14.9 Å². The van der Waals surface area contributed by atoms with Gasteiger partial charge in [0.25, 0.3) is 0 Å². The average molecular weight is 419 g/mol. The minimum Gasteiger partial charge on any atom is -0.466 e. The SMILES string of the molecule is CCOC(=O)C[C@H](C[N+](=O)[O-])[C@H](CNC(=O)OC(C)(C)C)NC(=O)OC(C)(C)C. The van der Waals surface area contributed by atoms with E-state index in [9.17, 15) is 24.5 Å². The topological polar surface area (TPSA) is 146 Å². The van der Waals surface area contributed by atoms with Crippen LogP contribution in [0.4, 0.5) is 9.59 Å². The zero-order valence-electron chi connectivity index (χ0n) is 18.2. The average Bonchev–Trinajstić information content (AvgIpc) is 2.46. The molecule has 0 saturated heterocycles. The molecular formula is C18H33N3O8. The highest BCUT2D eigenvalue weighted by atomic mass is 16.6. The Labute approximate surface area is 171 Å². The summed E-state index contributed by atoms with van der Waals surface area (Å²) in [4.78, 5) is 46.5. The highest BCUT2D eigenvalue weighted by Gasteiger charge is 2.32. The van der Waals surface area contributed by atoms with Crippen molar-refractivity contribution in [2.75, 3.05) is 19.7 Å². The molecule has 0 aromatic carbocycles. The number of carbonyl (C=O) groups excluding carboxylic acids is 3. The number of nitrogens with one attached hydrogen (secondary N) is 2. The van der Waals surface area contributed by atoms with E-state index in [1.807, 2.05) is 0 Å². The maximum absolute atomic E-state index is 12.2. The summed E-state index contributed by atoms with van der Waals surface area (Å²) in [6.45, 7) is 10.9. The number of hydrogen-bond acceptors (Lipinski definition) is 8. The van der Waals surface area contributed by atoms with Crippen LogP contribution in [-0.4, -0.2) is 60.0 Å². The molecule has 2 amide bonds. The molecule has 0 saturated carbocycles. The van der Waals surface area contributed by atoms with E-state index in [1.54, 1.807) is 48.5 Å². The minimum absolute atomic E-state index is 0.115. The molecule has 0 heterocycles. The summed E-state index contributed by atoms with van der Waals surface area (Å²) >= 11 is 0. The predicted molar refractivity (Wildman–Crippen MR) is 104 cm³/mol. The highest BCUT2D eigenvalue weighted by molar-refractivity contribution is 5.71. The molecule has 0 radical (unpaired) electrons. The van der Waals surface area contributed by atoms with Crippen LogP contribution in [0.3, 0.4) is 0 Å². The molecule has 0 aromatic rings. The van der Waals surface area contributed by atoms with Gasteiger partial charge in [-0.15, -0.1) is 0 Å². The number of carbonyl (C=O) groups is 3. The standard InChI is InChI=1S/C18H33N3O8/c1-8-27-14(22)9-12(11-21(25)26)13(20-16(24)29-18(5,6)7)10-19-15(23)28-17(2,3)4/h12-13H,8-11H2,1-7H3,(H,19,23)(H,20,24)/t12-,13+/m1/s1.